The van der Waals surface area contributed by atoms with Crippen molar-refractivity contribution in [1.29, 1.82) is 0 Å². The first-order valence-electron chi connectivity index (χ1n) is 3.47. The lowest BCUT2D eigenvalue weighted by molar-refractivity contribution is -0.129. The van der Waals surface area contributed by atoms with Gasteiger partial charge < -0.3 is 9.47 Å². The molecular weight excluding hydrogens is 164 g/mol. The minimum Gasteiger partial charge on any atom is -0.377 e. The monoisotopic (exact) mass is 176 g/mol. The highest BCUT2D eigenvalue weighted by atomic mass is 32.1. The van der Waals surface area contributed by atoms with Crippen LogP contribution in [0.3, 0.4) is 0 Å². The van der Waals surface area contributed by atoms with Gasteiger partial charge in [0.1, 0.15) is 12.2 Å². The zero-order chi connectivity index (χ0) is 8.43. The van der Waals surface area contributed by atoms with Crippen LogP contribution in [-0.2, 0) is 14.3 Å². The van der Waals surface area contributed by atoms with Crippen molar-refractivity contribution in [2.75, 3.05) is 14.2 Å². The van der Waals surface area contributed by atoms with E-state index in [-0.39, 0.29) is 17.1 Å². The second-order valence-electron chi connectivity index (χ2n) is 2.59. The van der Waals surface area contributed by atoms with Crippen LogP contribution in [0.15, 0.2) is 0 Å². The van der Waals surface area contributed by atoms with E-state index in [0.29, 0.717) is 6.42 Å². The molecule has 11 heavy (non-hydrogen) atoms. The van der Waals surface area contributed by atoms with Crippen LogP contribution in [0.25, 0.3) is 0 Å². The molecule has 3 nitrogen and oxygen atoms in total. The summed E-state index contributed by atoms with van der Waals surface area (Å²) in [6.07, 6.45) is -0.154. The van der Waals surface area contributed by atoms with Crippen LogP contribution in [0.2, 0.25) is 0 Å². The molecule has 0 aromatic carbocycles. The zero-order valence-electron chi connectivity index (χ0n) is 6.61. The van der Waals surface area contributed by atoms with Crippen LogP contribution in [0.1, 0.15) is 6.42 Å². The Morgan fingerprint density at radius 3 is 2.45 bits per heavy atom. The van der Waals surface area contributed by atoms with Crippen molar-refractivity contribution < 1.29 is 14.3 Å². The van der Waals surface area contributed by atoms with Crippen molar-refractivity contribution in [3.63, 3.8) is 0 Å². The van der Waals surface area contributed by atoms with E-state index in [1.165, 1.54) is 7.11 Å². The molecule has 1 aliphatic carbocycles. The van der Waals surface area contributed by atoms with Crippen molar-refractivity contribution in [2.45, 2.75) is 23.9 Å². The van der Waals surface area contributed by atoms with E-state index in [4.69, 9.17) is 9.47 Å². The fourth-order valence-corrected chi connectivity index (χ4v) is 1.83. The summed E-state index contributed by atoms with van der Waals surface area (Å²) >= 11 is 4.21. The summed E-state index contributed by atoms with van der Waals surface area (Å²) in [5.74, 6) is 0.0827. The third-order valence-corrected chi connectivity index (χ3v) is 2.41. The van der Waals surface area contributed by atoms with Crippen LogP contribution < -0.4 is 0 Å². The van der Waals surface area contributed by atoms with E-state index in [0.717, 1.165) is 0 Å². The smallest absolute Gasteiger partial charge is 0.165 e. The summed E-state index contributed by atoms with van der Waals surface area (Å²) in [5, 5.41) is -0.0163. The van der Waals surface area contributed by atoms with E-state index in [1.807, 2.05) is 0 Å². The minimum atomic E-state index is -0.414. The number of rotatable bonds is 2. The van der Waals surface area contributed by atoms with Gasteiger partial charge in [-0.05, 0) is 0 Å². The standard InChI is InChI=1S/C7H12O3S/c1-9-6-4(8)3-5(11)7(6)10-2/h5-7,11H,3H2,1-2H3. The molecule has 0 bridgehead atoms. The summed E-state index contributed by atoms with van der Waals surface area (Å²) in [5.41, 5.74) is 0. The van der Waals surface area contributed by atoms with Gasteiger partial charge in [0.25, 0.3) is 0 Å². The van der Waals surface area contributed by atoms with Gasteiger partial charge in [-0.2, -0.15) is 12.6 Å². The van der Waals surface area contributed by atoms with Crippen molar-refractivity contribution in [3.05, 3.63) is 0 Å². The van der Waals surface area contributed by atoms with Gasteiger partial charge in [0, 0.05) is 25.9 Å². The van der Waals surface area contributed by atoms with Crippen molar-refractivity contribution in [3.8, 4) is 0 Å². The van der Waals surface area contributed by atoms with Crippen LogP contribution in [0.5, 0.6) is 0 Å². The molecule has 1 saturated carbocycles. The number of thiol groups is 1. The van der Waals surface area contributed by atoms with Gasteiger partial charge in [-0.3, -0.25) is 4.79 Å². The molecule has 0 aromatic rings. The summed E-state index contributed by atoms with van der Waals surface area (Å²) in [6.45, 7) is 0. The van der Waals surface area contributed by atoms with E-state index >= 15 is 0 Å². The maximum Gasteiger partial charge on any atom is 0.165 e. The molecule has 0 aliphatic heterocycles. The van der Waals surface area contributed by atoms with Crippen molar-refractivity contribution in [2.24, 2.45) is 0 Å². The largest absolute Gasteiger partial charge is 0.377 e. The average Bonchev–Trinajstić information content (AvgIpc) is 2.24. The number of methoxy groups -OCH3 is 2. The molecule has 3 atom stereocenters. The summed E-state index contributed by atoms with van der Waals surface area (Å²) in [7, 11) is 3.08. The molecule has 0 radical (unpaired) electrons. The van der Waals surface area contributed by atoms with Gasteiger partial charge in [-0.15, -0.1) is 0 Å². The van der Waals surface area contributed by atoms with Crippen LogP contribution in [0, 0.1) is 0 Å². The lowest BCUT2D eigenvalue weighted by Crippen LogP contribution is -2.32. The summed E-state index contributed by atoms with van der Waals surface area (Å²) < 4.78 is 10.0. The Kier molecular flexibility index (Phi) is 2.92. The number of hydrogen-bond acceptors (Lipinski definition) is 4. The Balaban J connectivity index is 2.66. The molecule has 0 spiro atoms. The maximum absolute atomic E-state index is 11.1. The minimum absolute atomic E-state index is 0.0163. The first kappa shape index (κ1) is 9.03. The lowest BCUT2D eigenvalue weighted by atomic mass is 10.2. The van der Waals surface area contributed by atoms with Gasteiger partial charge >= 0.3 is 0 Å². The maximum atomic E-state index is 11.1. The molecule has 0 saturated heterocycles. The van der Waals surface area contributed by atoms with Crippen molar-refractivity contribution in [1.82, 2.24) is 0 Å². The SMILES string of the molecule is COC1C(=O)CC(S)C1OC. The highest BCUT2D eigenvalue weighted by Crippen LogP contribution is 2.25. The lowest BCUT2D eigenvalue weighted by Gasteiger charge is -2.17. The highest BCUT2D eigenvalue weighted by Gasteiger charge is 2.41. The molecule has 1 aliphatic rings. The summed E-state index contributed by atoms with van der Waals surface area (Å²) in [4.78, 5) is 11.1. The molecule has 0 heterocycles. The second kappa shape index (κ2) is 3.56. The fourth-order valence-electron chi connectivity index (χ4n) is 1.37. The Morgan fingerprint density at radius 2 is 2.09 bits per heavy atom. The highest BCUT2D eigenvalue weighted by molar-refractivity contribution is 7.81. The van der Waals surface area contributed by atoms with Crippen LogP contribution in [0.4, 0.5) is 0 Å². The Labute approximate surface area is 71.5 Å². The van der Waals surface area contributed by atoms with Gasteiger partial charge in [-0.25, -0.2) is 0 Å². The van der Waals surface area contributed by atoms with Crippen LogP contribution >= 0.6 is 12.6 Å². The molecule has 0 aromatic heterocycles. The third kappa shape index (κ3) is 1.58. The number of Topliss-reactive ketones (excluding diaryl/α,β-unsaturated/α-hetero) is 1. The van der Waals surface area contributed by atoms with Crippen molar-refractivity contribution >= 4 is 18.4 Å². The van der Waals surface area contributed by atoms with Gasteiger partial charge in [0.15, 0.2) is 5.78 Å². The second-order valence-corrected chi connectivity index (χ2v) is 3.26. The topological polar surface area (TPSA) is 35.5 Å². The zero-order valence-corrected chi connectivity index (χ0v) is 7.51. The van der Waals surface area contributed by atoms with Gasteiger partial charge in [0.2, 0.25) is 0 Å². The first-order valence-corrected chi connectivity index (χ1v) is 3.98. The van der Waals surface area contributed by atoms with Crippen LogP contribution in [-0.4, -0.2) is 37.5 Å². The molecular formula is C7H12O3S. The molecule has 4 heteroatoms. The molecule has 64 valence electrons. The van der Waals surface area contributed by atoms with E-state index < -0.39 is 6.10 Å². The summed E-state index contributed by atoms with van der Waals surface area (Å²) in [6, 6.07) is 0. The van der Waals surface area contributed by atoms with E-state index in [9.17, 15) is 4.79 Å². The molecule has 0 N–H and O–H groups in total. The predicted octanol–water partition coefficient (Wildman–Crippen LogP) is 0.288. The van der Waals surface area contributed by atoms with E-state index in [2.05, 4.69) is 12.6 Å². The first-order chi connectivity index (χ1) is 5.20. The number of carbonyl (C=O) groups excluding carboxylic acids is 1. The normalized spacial score (nSPS) is 38.1. The Bertz CT molecular complexity index is 160. The average molecular weight is 176 g/mol. The Morgan fingerprint density at radius 1 is 1.45 bits per heavy atom. The molecule has 1 fully saturated rings. The quantitative estimate of drug-likeness (QED) is 0.614. The van der Waals surface area contributed by atoms with Gasteiger partial charge in [-0.1, -0.05) is 0 Å². The number of ether oxygens (including phenoxy) is 2. The fraction of sp³-hybridized carbons (Fsp3) is 0.857. The molecule has 1 rings (SSSR count). The van der Waals surface area contributed by atoms with Gasteiger partial charge in [0.05, 0.1) is 0 Å². The Hall–Kier alpha value is -0.0600. The van der Waals surface area contributed by atoms with E-state index in [1.54, 1.807) is 7.11 Å². The number of carbonyl (C=O) groups is 1. The number of hydrogen-bond donors (Lipinski definition) is 1. The number of ketones is 1. The molecule has 3 unspecified atom stereocenters. The predicted molar refractivity (Wildman–Crippen MR) is 44.0 cm³/mol. The molecule has 0 amide bonds. The third-order valence-electron chi connectivity index (χ3n) is 1.93.